The van der Waals surface area contributed by atoms with Crippen molar-refractivity contribution in [3.05, 3.63) is 261 Å². The van der Waals surface area contributed by atoms with Crippen LogP contribution in [0.25, 0.3) is 44.1 Å². The number of imide groups is 1. The molecule has 0 radical (unpaired) electrons. The zero-order valence-corrected chi connectivity index (χ0v) is 79.7. The van der Waals surface area contributed by atoms with Crippen molar-refractivity contribution in [1.29, 1.82) is 0 Å². The van der Waals surface area contributed by atoms with Crippen LogP contribution in [0.5, 0.6) is 17.2 Å². The summed E-state index contributed by atoms with van der Waals surface area (Å²) in [6.45, 7) is 0.239. The van der Waals surface area contributed by atoms with Gasteiger partial charge in [-0.3, -0.25) is 73.1 Å². The van der Waals surface area contributed by atoms with Gasteiger partial charge in [0.25, 0.3) is 65.0 Å². The van der Waals surface area contributed by atoms with E-state index in [1.807, 2.05) is 0 Å². The Morgan fingerprint density at radius 3 is 1.01 bits per heavy atom. The SMILES string of the molecule is C.C.C.C.C.C.C.COC(=O)c1ccccc1C(=O)Nc1n[nH]c2c(C(=O)[O-])ncnc12.O=C([O-])c1ccccc1C(=O)Nc1n[nH]c2c(C(=O)[O-])ncnc12.O=C1COc2ccc(CNC(=O)c3ccccc3C(=O)Nc3n[nH]c4c(C(=O)NCc5ccc6c(c5)NC(=O)CO6)ncnc34)cc2N1.O=C1COc2ccc(CNC(=O)c3ncnc4c(N5C(=O)c6ccccc6C5=O)n[nH]c34)cc2N1.[K+].[K+].[K+]. The number of aromatic amines is 4. The molecule has 0 spiro atoms. The molecule has 13 N–H and O–H groups in total. The Labute approximate surface area is 932 Å². The van der Waals surface area contributed by atoms with Gasteiger partial charge in [0.1, 0.15) is 98.1 Å². The van der Waals surface area contributed by atoms with E-state index >= 15 is 0 Å². The van der Waals surface area contributed by atoms with Crippen LogP contribution in [0.15, 0.2) is 177 Å². The molecule has 0 bridgehead atoms. The van der Waals surface area contributed by atoms with Gasteiger partial charge in [0, 0.05) is 30.8 Å². The minimum Gasteiger partial charge on any atom is -0.545 e. The van der Waals surface area contributed by atoms with E-state index in [0.29, 0.717) is 45.4 Å². The van der Waals surface area contributed by atoms with Crippen LogP contribution in [0.4, 0.5) is 40.3 Å². The molecule has 12 heterocycles. The fraction of sp³-hybridized carbons (Fsp3) is 0.154. The number of carboxylic acids is 3. The van der Waals surface area contributed by atoms with E-state index in [1.165, 1.54) is 68.3 Å². The van der Waals surface area contributed by atoms with Crippen molar-refractivity contribution in [1.82, 2.24) is 96.6 Å². The van der Waals surface area contributed by atoms with Crippen LogP contribution in [0, 0.1) is 0 Å². The van der Waals surface area contributed by atoms with Crippen LogP contribution in [-0.4, -0.2) is 196 Å². The maximum absolute atomic E-state index is 13.4. The third-order valence-corrected chi connectivity index (χ3v) is 19.7. The van der Waals surface area contributed by atoms with Crippen molar-refractivity contribution >= 4 is 173 Å². The van der Waals surface area contributed by atoms with Gasteiger partial charge in [0.15, 0.2) is 54.5 Å². The predicted octanol–water partition coefficient (Wildman–Crippen LogP) is -2.91. The van der Waals surface area contributed by atoms with Crippen LogP contribution in [0.3, 0.4) is 0 Å². The van der Waals surface area contributed by atoms with Crippen molar-refractivity contribution in [2.24, 2.45) is 0 Å². The topological polar surface area (TPSA) is 692 Å². The van der Waals surface area contributed by atoms with Gasteiger partial charge in [-0.15, -0.1) is 0 Å². The normalized spacial score (nSPS) is 11.6. The molecule has 4 aliphatic rings. The number of H-pyrrole nitrogens is 4. The monoisotopic (exact) mass is 2010 g/mol. The quantitative estimate of drug-likeness (QED) is 0.0207. The Balaban J connectivity index is 0.000000294. The molecule has 714 valence electrons. The van der Waals surface area contributed by atoms with Crippen LogP contribution in [0.2, 0.25) is 0 Å². The minimum atomic E-state index is -1.54. The molecule has 15 aromatic rings. The zero-order valence-electron chi connectivity index (χ0n) is 70.3. The number of aromatic nitrogens is 16. The minimum absolute atomic E-state index is 0. The van der Waals surface area contributed by atoms with Gasteiger partial charge in [-0.25, -0.2) is 49.6 Å². The van der Waals surface area contributed by atoms with Gasteiger partial charge < -0.3 is 96.5 Å². The smallest absolute Gasteiger partial charge is 0.545 e. The van der Waals surface area contributed by atoms with Crippen molar-refractivity contribution in [2.75, 3.05) is 63.7 Å². The first-order valence-corrected chi connectivity index (χ1v) is 38.5. The van der Waals surface area contributed by atoms with E-state index in [4.69, 9.17) is 14.2 Å². The first kappa shape index (κ1) is 116. The molecule has 8 aromatic heterocycles. The number of esters is 1. The number of carboxylic acid groups (broad SMARTS) is 3. The summed E-state index contributed by atoms with van der Waals surface area (Å²) in [4.78, 5) is 215. The van der Waals surface area contributed by atoms with E-state index < -0.39 is 76.8 Å². The van der Waals surface area contributed by atoms with Crippen molar-refractivity contribution in [3.63, 3.8) is 0 Å². The average Bonchev–Trinajstić information content (AvgIpc) is 1.60. The standard InChI is InChI=1S/C32H25N9O7.C23H15N7O5.C15H11N5O5.C14H9N5O5.7CH4.3K/c42-24-13-47-22-7-5-16(9-20(22)37-24)11-33-30(44)18-3-1-2-4-19(18)31(45)39-29-27-26(40-41-29)28(36-15-35-27)32(46)34-12-17-6-8-23-21(10-17)38-25(43)14-48-23;31-16-9-35-15-6-5-11(7-14(15)27-16)8-24-21(32)19-17-18(25-10-26-19)20(29-28-17)30-22(33)12-3-1-2-4-13(12)23(30)34;1-25-15(24)8-5-3-2-4-7(8)13(21)18-12-10-9(19-20-12)11(14(22)23)17-6-16-10;20-12(6-3-1-2-4-7(6)13(21)22)17-11-9-8(18-19-11)10(14(23)24)16-5-15-9;;;;;;;;;;/h1-10,15H,11-14H2,(H,33,44)(H,34,46)(H,37,42)(H,38,43)(H2,39,40,41,45);1-7,10H,8-9H2,(H,24,32)(H,27,31)(H,28,29);2-6H,1H3,(H,22,23)(H2,18,19,20,21);1-5H,(H,21,22)(H,23,24)(H2,17,18,19,20);7*1H4;;;/q;;;;;;;;;;;3*+1/p-3. The van der Waals surface area contributed by atoms with Gasteiger partial charge in [0.05, 0.1) is 75.5 Å². The second-order valence-corrected chi connectivity index (χ2v) is 27.9. The van der Waals surface area contributed by atoms with Crippen molar-refractivity contribution < 1.29 is 260 Å². The number of hydrogen-bond acceptors (Lipinski definition) is 34. The number of nitrogens with zero attached hydrogens (tertiary/aromatic N) is 13. The van der Waals surface area contributed by atoms with Gasteiger partial charge in [-0.1, -0.05) is 125 Å². The fourth-order valence-electron chi connectivity index (χ4n) is 13.5. The van der Waals surface area contributed by atoms with E-state index in [2.05, 4.69) is 133 Å². The van der Waals surface area contributed by atoms with E-state index in [9.17, 15) is 87.2 Å². The summed E-state index contributed by atoms with van der Waals surface area (Å²) in [6, 6.07) is 39.8. The van der Waals surface area contributed by atoms with Crippen LogP contribution in [-0.2, 0) is 38.8 Å². The molecular weight excluding hydrogens is 1930 g/mol. The Kier molecular flexibility index (Phi) is 42.0. The third kappa shape index (κ3) is 25.4. The molecule has 0 aliphatic carbocycles. The number of nitrogens with one attached hydrogen (secondary N) is 13. The number of fused-ring (bicyclic) bond motifs is 8. The summed E-state index contributed by atoms with van der Waals surface area (Å²) in [6.07, 6.45) is 4.34. The molecule has 0 unspecified atom stereocenters. The summed E-state index contributed by atoms with van der Waals surface area (Å²) in [5, 5.41) is 83.1. The first-order chi connectivity index (χ1) is 63.8. The summed E-state index contributed by atoms with van der Waals surface area (Å²) in [7, 11) is 1.20. The summed E-state index contributed by atoms with van der Waals surface area (Å²) in [5.74, 6) is -9.07. The van der Waals surface area contributed by atoms with E-state index in [-0.39, 0.29) is 392 Å². The fourth-order valence-corrected chi connectivity index (χ4v) is 13.5. The molecule has 11 amide bonds. The first-order valence-electron chi connectivity index (χ1n) is 38.5. The molecule has 7 aromatic carbocycles. The Hall–Kier alpha value is -14.7. The molecule has 0 atom stereocenters. The molecule has 48 nitrogen and oxygen atoms in total. The number of hydrogen-bond donors (Lipinski definition) is 13. The maximum Gasteiger partial charge on any atom is 1.00 e. The number of amides is 11. The number of rotatable bonds is 20. The largest absolute Gasteiger partial charge is 1.00 e. The summed E-state index contributed by atoms with van der Waals surface area (Å²) >= 11 is 0. The predicted molar refractivity (Wildman–Crippen MR) is 494 cm³/mol. The Morgan fingerprint density at radius 1 is 0.352 bits per heavy atom. The third-order valence-electron chi connectivity index (χ3n) is 19.7. The van der Waals surface area contributed by atoms with Crippen LogP contribution in [0.1, 0.15) is 193 Å². The zero-order chi connectivity index (χ0) is 92.5. The number of benzene rings is 7. The Bertz CT molecular complexity index is 7360. The molecular formula is C91H85K3N26O22. The molecule has 0 saturated carbocycles. The summed E-state index contributed by atoms with van der Waals surface area (Å²) in [5.41, 5.74) is 4.19. The maximum atomic E-state index is 13.4. The number of aromatic carboxylic acids is 3. The van der Waals surface area contributed by atoms with Gasteiger partial charge in [-0.2, -0.15) is 20.4 Å². The molecule has 142 heavy (non-hydrogen) atoms. The number of methoxy groups -OCH3 is 1. The summed E-state index contributed by atoms with van der Waals surface area (Å²) < 4.78 is 20.7. The van der Waals surface area contributed by atoms with Crippen LogP contribution >= 0.6 is 0 Å². The van der Waals surface area contributed by atoms with E-state index in [0.717, 1.165) is 23.1 Å². The number of ether oxygens (including phenoxy) is 4. The molecule has 0 fully saturated rings. The van der Waals surface area contributed by atoms with Gasteiger partial charge in [0.2, 0.25) is 0 Å². The van der Waals surface area contributed by atoms with Gasteiger partial charge in [-0.05, 0) is 95.6 Å². The van der Waals surface area contributed by atoms with Crippen molar-refractivity contribution in [3.8, 4) is 17.2 Å². The average molecular weight is 2010 g/mol. The van der Waals surface area contributed by atoms with E-state index in [1.54, 1.807) is 103 Å². The number of carbonyl (C=O) groups excluding carboxylic acids is 15. The molecule has 0 saturated heterocycles. The molecule has 51 heteroatoms. The molecule has 19 rings (SSSR count). The Morgan fingerprint density at radius 2 is 0.648 bits per heavy atom. The van der Waals surface area contributed by atoms with Gasteiger partial charge >= 0.3 is 160 Å². The number of anilines is 7. The van der Waals surface area contributed by atoms with Crippen LogP contribution < -0.4 is 236 Å². The molecule has 4 aliphatic heterocycles. The second-order valence-electron chi connectivity index (χ2n) is 27.9. The van der Waals surface area contributed by atoms with Crippen molar-refractivity contribution in [2.45, 2.75) is 71.6 Å². The second kappa shape index (κ2) is 51.5. The number of carbonyl (C=O) groups is 15.